The summed E-state index contributed by atoms with van der Waals surface area (Å²) >= 11 is 0. The lowest BCUT2D eigenvalue weighted by molar-refractivity contribution is -0.130. The van der Waals surface area contributed by atoms with Crippen LogP contribution in [0, 0.1) is 11.2 Å². The van der Waals surface area contributed by atoms with Gasteiger partial charge in [0.1, 0.15) is 11.6 Å². The topological polar surface area (TPSA) is 55.6 Å². The number of hydrogen-bond donors (Lipinski definition) is 1. The minimum absolute atomic E-state index is 0.0632. The van der Waals surface area contributed by atoms with Crippen LogP contribution in [0.15, 0.2) is 24.3 Å². The molecule has 0 bridgehead atoms. The molecule has 1 saturated heterocycles. The Morgan fingerprint density at radius 1 is 1.52 bits per heavy atom. The number of rotatable bonds is 6. The molecule has 2 rings (SSSR count). The molecule has 0 aliphatic carbocycles. The van der Waals surface area contributed by atoms with Crippen molar-refractivity contribution in [2.45, 2.75) is 26.2 Å². The lowest BCUT2D eigenvalue weighted by Gasteiger charge is -2.22. The Balaban J connectivity index is 1.68. The standard InChI is InChI=1S/C16H23FN2O2/c1-16(11-18)7-8-19(12-16)15(20)6-3-9-21-14-5-2-4-13(17)10-14/h2,4-5,10H,3,6-9,11-12,18H2,1H3. The highest BCUT2D eigenvalue weighted by molar-refractivity contribution is 5.76. The van der Waals surface area contributed by atoms with E-state index in [0.717, 1.165) is 19.5 Å². The van der Waals surface area contributed by atoms with Crippen molar-refractivity contribution in [2.24, 2.45) is 11.1 Å². The van der Waals surface area contributed by atoms with Crippen molar-refractivity contribution < 1.29 is 13.9 Å². The Bertz CT molecular complexity index is 495. The number of nitrogens with zero attached hydrogens (tertiary/aromatic N) is 1. The molecule has 4 nitrogen and oxygen atoms in total. The van der Waals surface area contributed by atoms with Gasteiger partial charge in [-0.1, -0.05) is 13.0 Å². The first-order valence-electron chi connectivity index (χ1n) is 7.39. The Morgan fingerprint density at radius 3 is 3.00 bits per heavy atom. The first kappa shape index (κ1) is 15.8. The van der Waals surface area contributed by atoms with Crippen LogP contribution in [0.5, 0.6) is 5.75 Å². The first-order valence-corrected chi connectivity index (χ1v) is 7.39. The van der Waals surface area contributed by atoms with Crippen molar-refractivity contribution in [3.8, 4) is 5.75 Å². The molecule has 1 aromatic rings. The molecule has 1 aliphatic heterocycles. The van der Waals surface area contributed by atoms with Crippen LogP contribution >= 0.6 is 0 Å². The molecule has 1 unspecified atom stereocenters. The highest BCUT2D eigenvalue weighted by atomic mass is 19.1. The third-order valence-electron chi connectivity index (χ3n) is 4.00. The monoisotopic (exact) mass is 294 g/mol. The molecule has 116 valence electrons. The van der Waals surface area contributed by atoms with Crippen LogP contribution in [0.4, 0.5) is 4.39 Å². The zero-order valence-electron chi connectivity index (χ0n) is 12.5. The number of hydrogen-bond acceptors (Lipinski definition) is 3. The predicted molar refractivity (Wildman–Crippen MR) is 79.5 cm³/mol. The summed E-state index contributed by atoms with van der Waals surface area (Å²) in [5.41, 5.74) is 5.80. The van der Waals surface area contributed by atoms with Crippen molar-refractivity contribution in [3.05, 3.63) is 30.1 Å². The van der Waals surface area contributed by atoms with E-state index in [0.29, 0.717) is 31.7 Å². The first-order chi connectivity index (χ1) is 10.0. The summed E-state index contributed by atoms with van der Waals surface area (Å²) in [6.07, 6.45) is 2.05. The van der Waals surface area contributed by atoms with Gasteiger partial charge in [0, 0.05) is 25.6 Å². The number of likely N-dealkylation sites (tertiary alicyclic amines) is 1. The summed E-state index contributed by atoms with van der Waals surface area (Å²) in [5.74, 6) is 0.330. The molecule has 1 aliphatic rings. The van der Waals surface area contributed by atoms with Crippen LogP contribution in [-0.2, 0) is 4.79 Å². The van der Waals surface area contributed by atoms with Gasteiger partial charge in [-0.15, -0.1) is 0 Å². The molecule has 1 heterocycles. The SMILES string of the molecule is CC1(CN)CCN(C(=O)CCCOc2cccc(F)c2)C1. The van der Waals surface area contributed by atoms with Gasteiger partial charge in [-0.2, -0.15) is 0 Å². The normalized spacial score (nSPS) is 21.6. The maximum atomic E-state index is 13.0. The van der Waals surface area contributed by atoms with Crippen molar-refractivity contribution in [2.75, 3.05) is 26.2 Å². The van der Waals surface area contributed by atoms with E-state index in [1.807, 2.05) is 4.90 Å². The summed E-state index contributed by atoms with van der Waals surface area (Å²) in [5, 5.41) is 0. The van der Waals surface area contributed by atoms with Gasteiger partial charge in [0.2, 0.25) is 5.91 Å². The number of amides is 1. The van der Waals surface area contributed by atoms with E-state index < -0.39 is 0 Å². The zero-order chi connectivity index (χ0) is 15.3. The van der Waals surface area contributed by atoms with Crippen LogP contribution in [-0.4, -0.2) is 37.0 Å². The molecule has 0 spiro atoms. The molecule has 1 amide bonds. The lowest BCUT2D eigenvalue weighted by atomic mass is 9.90. The number of benzene rings is 1. The molecule has 1 fully saturated rings. The van der Waals surface area contributed by atoms with E-state index >= 15 is 0 Å². The van der Waals surface area contributed by atoms with E-state index in [1.165, 1.54) is 12.1 Å². The fourth-order valence-corrected chi connectivity index (χ4v) is 2.53. The van der Waals surface area contributed by atoms with E-state index in [2.05, 4.69) is 6.92 Å². The Hall–Kier alpha value is -1.62. The maximum absolute atomic E-state index is 13.0. The van der Waals surface area contributed by atoms with Gasteiger partial charge in [0.05, 0.1) is 6.61 Å². The molecule has 0 radical (unpaired) electrons. The van der Waals surface area contributed by atoms with Gasteiger partial charge in [-0.05, 0) is 36.9 Å². The highest BCUT2D eigenvalue weighted by Gasteiger charge is 2.34. The maximum Gasteiger partial charge on any atom is 0.222 e. The van der Waals surface area contributed by atoms with Gasteiger partial charge >= 0.3 is 0 Å². The Morgan fingerprint density at radius 2 is 2.33 bits per heavy atom. The fourth-order valence-electron chi connectivity index (χ4n) is 2.53. The third kappa shape index (κ3) is 4.43. The van der Waals surface area contributed by atoms with Gasteiger partial charge in [0.15, 0.2) is 0 Å². The second kappa shape index (κ2) is 6.89. The minimum Gasteiger partial charge on any atom is -0.493 e. The average molecular weight is 294 g/mol. The number of nitrogens with two attached hydrogens (primary N) is 1. The molecular formula is C16H23FN2O2. The van der Waals surface area contributed by atoms with Crippen molar-refractivity contribution in [1.29, 1.82) is 0 Å². The predicted octanol–water partition coefficient (Wildman–Crippen LogP) is 2.18. The van der Waals surface area contributed by atoms with E-state index in [-0.39, 0.29) is 17.1 Å². The van der Waals surface area contributed by atoms with Crippen molar-refractivity contribution in [1.82, 2.24) is 4.90 Å². The fraction of sp³-hybridized carbons (Fsp3) is 0.562. The van der Waals surface area contributed by atoms with Gasteiger partial charge in [-0.3, -0.25) is 4.79 Å². The summed E-state index contributed by atoms with van der Waals surface area (Å²) in [7, 11) is 0. The minimum atomic E-state index is -0.318. The second-order valence-electron chi connectivity index (χ2n) is 5.99. The number of carbonyl (C=O) groups is 1. The number of halogens is 1. The molecule has 21 heavy (non-hydrogen) atoms. The van der Waals surface area contributed by atoms with Crippen LogP contribution in [0.3, 0.4) is 0 Å². The Labute approximate surface area is 125 Å². The van der Waals surface area contributed by atoms with Gasteiger partial charge in [-0.25, -0.2) is 4.39 Å². The summed E-state index contributed by atoms with van der Waals surface area (Å²) in [6, 6.07) is 6.03. The van der Waals surface area contributed by atoms with Gasteiger partial charge in [0.25, 0.3) is 0 Å². The number of ether oxygens (including phenoxy) is 1. The second-order valence-corrected chi connectivity index (χ2v) is 5.99. The summed E-state index contributed by atoms with van der Waals surface area (Å²) in [6.45, 7) is 4.67. The number of carbonyl (C=O) groups excluding carboxylic acids is 1. The lowest BCUT2D eigenvalue weighted by Crippen LogP contribution is -2.34. The molecule has 0 saturated carbocycles. The van der Waals surface area contributed by atoms with Crippen LogP contribution < -0.4 is 10.5 Å². The van der Waals surface area contributed by atoms with Crippen molar-refractivity contribution >= 4 is 5.91 Å². The largest absolute Gasteiger partial charge is 0.493 e. The van der Waals surface area contributed by atoms with E-state index in [1.54, 1.807) is 12.1 Å². The van der Waals surface area contributed by atoms with Crippen LogP contribution in [0.25, 0.3) is 0 Å². The van der Waals surface area contributed by atoms with Crippen LogP contribution in [0.2, 0.25) is 0 Å². The smallest absolute Gasteiger partial charge is 0.222 e. The quantitative estimate of drug-likeness (QED) is 0.818. The highest BCUT2D eigenvalue weighted by Crippen LogP contribution is 2.28. The molecule has 2 N–H and O–H groups in total. The van der Waals surface area contributed by atoms with Crippen molar-refractivity contribution in [3.63, 3.8) is 0 Å². The average Bonchev–Trinajstić information content (AvgIpc) is 2.87. The van der Waals surface area contributed by atoms with E-state index in [4.69, 9.17) is 10.5 Å². The molecular weight excluding hydrogens is 271 g/mol. The van der Waals surface area contributed by atoms with Crippen LogP contribution in [0.1, 0.15) is 26.2 Å². The summed E-state index contributed by atoms with van der Waals surface area (Å²) < 4.78 is 18.4. The summed E-state index contributed by atoms with van der Waals surface area (Å²) in [4.78, 5) is 14.0. The molecule has 1 atom stereocenters. The molecule has 5 heteroatoms. The van der Waals surface area contributed by atoms with E-state index in [9.17, 15) is 9.18 Å². The molecule has 0 aromatic heterocycles. The molecule has 1 aromatic carbocycles. The van der Waals surface area contributed by atoms with Gasteiger partial charge < -0.3 is 15.4 Å². The zero-order valence-corrected chi connectivity index (χ0v) is 12.5. The Kier molecular flexibility index (Phi) is 5.17. The third-order valence-corrected chi connectivity index (χ3v) is 4.00.